The standard InChI is InChI=1S/C15H18N2O3/c1-10-5-4-6-12(7-10)9-17-15(19)13(11(2)16-17)8-14(18)20-3/h4-7,13H,8-9H2,1-3H3. The first kappa shape index (κ1) is 14.2. The van der Waals surface area contributed by atoms with Crippen molar-refractivity contribution in [2.75, 3.05) is 7.11 Å². The van der Waals surface area contributed by atoms with E-state index in [4.69, 9.17) is 0 Å². The van der Waals surface area contributed by atoms with Crippen molar-refractivity contribution in [1.29, 1.82) is 0 Å². The molecule has 0 fully saturated rings. The normalized spacial score (nSPS) is 18.1. The highest BCUT2D eigenvalue weighted by atomic mass is 16.5. The Labute approximate surface area is 118 Å². The molecule has 0 aromatic heterocycles. The summed E-state index contributed by atoms with van der Waals surface area (Å²) in [5, 5.41) is 5.68. The van der Waals surface area contributed by atoms with Crippen LogP contribution in [-0.4, -0.2) is 29.7 Å². The number of benzene rings is 1. The van der Waals surface area contributed by atoms with E-state index in [1.807, 2.05) is 31.2 Å². The zero-order valence-corrected chi connectivity index (χ0v) is 11.9. The molecule has 106 valence electrons. The lowest BCUT2D eigenvalue weighted by Gasteiger charge is -2.14. The second-order valence-electron chi connectivity index (χ2n) is 4.96. The fraction of sp³-hybridized carbons (Fsp3) is 0.400. The van der Waals surface area contributed by atoms with Crippen molar-refractivity contribution in [2.45, 2.75) is 26.8 Å². The summed E-state index contributed by atoms with van der Waals surface area (Å²) < 4.78 is 4.61. The third kappa shape index (κ3) is 3.04. The molecule has 0 spiro atoms. The second-order valence-corrected chi connectivity index (χ2v) is 4.96. The third-order valence-corrected chi connectivity index (χ3v) is 3.35. The van der Waals surface area contributed by atoms with Crippen molar-refractivity contribution in [1.82, 2.24) is 5.01 Å². The van der Waals surface area contributed by atoms with Crippen LogP contribution in [0.1, 0.15) is 24.5 Å². The summed E-state index contributed by atoms with van der Waals surface area (Å²) >= 11 is 0. The smallest absolute Gasteiger partial charge is 0.306 e. The molecule has 5 nitrogen and oxygen atoms in total. The van der Waals surface area contributed by atoms with E-state index in [1.54, 1.807) is 6.92 Å². The summed E-state index contributed by atoms with van der Waals surface area (Å²) in [5.74, 6) is -1.03. The molecule has 0 saturated heterocycles. The van der Waals surface area contributed by atoms with E-state index >= 15 is 0 Å². The van der Waals surface area contributed by atoms with Gasteiger partial charge in [-0.05, 0) is 19.4 Å². The minimum Gasteiger partial charge on any atom is -0.469 e. The van der Waals surface area contributed by atoms with Gasteiger partial charge in [0.15, 0.2) is 0 Å². The monoisotopic (exact) mass is 274 g/mol. The Morgan fingerprint density at radius 1 is 1.40 bits per heavy atom. The summed E-state index contributed by atoms with van der Waals surface area (Å²) in [7, 11) is 1.32. The Hall–Kier alpha value is -2.17. The Morgan fingerprint density at radius 2 is 2.15 bits per heavy atom. The van der Waals surface area contributed by atoms with Crippen LogP contribution in [0.4, 0.5) is 0 Å². The minimum absolute atomic E-state index is 0.0506. The van der Waals surface area contributed by atoms with Crippen LogP contribution in [0.5, 0.6) is 0 Å². The summed E-state index contributed by atoms with van der Waals surface area (Å²) in [4.78, 5) is 23.6. The molecule has 1 amide bonds. The van der Waals surface area contributed by atoms with Gasteiger partial charge in [-0.15, -0.1) is 0 Å². The van der Waals surface area contributed by atoms with Gasteiger partial charge < -0.3 is 4.74 Å². The number of hydrogen-bond donors (Lipinski definition) is 0. The highest BCUT2D eigenvalue weighted by molar-refractivity contribution is 6.08. The van der Waals surface area contributed by atoms with E-state index in [9.17, 15) is 9.59 Å². The third-order valence-electron chi connectivity index (χ3n) is 3.35. The van der Waals surface area contributed by atoms with Gasteiger partial charge in [0.1, 0.15) is 0 Å². The summed E-state index contributed by atoms with van der Waals surface area (Å²) in [6.45, 7) is 4.20. The van der Waals surface area contributed by atoms with Crippen LogP contribution in [0.15, 0.2) is 29.4 Å². The zero-order valence-electron chi connectivity index (χ0n) is 11.9. The molecule has 0 radical (unpaired) electrons. The number of amides is 1. The minimum atomic E-state index is -0.493. The molecule has 0 aliphatic carbocycles. The van der Waals surface area contributed by atoms with Gasteiger partial charge in [0.25, 0.3) is 5.91 Å². The lowest BCUT2D eigenvalue weighted by atomic mass is 10.0. The van der Waals surface area contributed by atoms with Crippen LogP contribution < -0.4 is 0 Å². The summed E-state index contributed by atoms with van der Waals surface area (Å²) in [6, 6.07) is 7.93. The quantitative estimate of drug-likeness (QED) is 0.788. The number of nitrogens with zero attached hydrogens (tertiary/aromatic N) is 2. The van der Waals surface area contributed by atoms with Crippen molar-refractivity contribution >= 4 is 17.6 Å². The Morgan fingerprint density at radius 3 is 2.80 bits per heavy atom. The van der Waals surface area contributed by atoms with Crippen molar-refractivity contribution in [3.8, 4) is 0 Å². The number of hydrazone groups is 1. The molecule has 1 unspecified atom stereocenters. The molecule has 1 aliphatic heterocycles. The molecule has 0 bridgehead atoms. The average Bonchev–Trinajstić information content (AvgIpc) is 2.66. The Balaban J connectivity index is 2.08. The topological polar surface area (TPSA) is 59.0 Å². The number of ether oxygens (including phenoxy) is 1. The number of methoxy groups -OCH3 is 1. The van der Waals surface area contributed by atoms with E-state index in [-0.39, 0.29) is 12.3 Å². The fourth-order valence-corrected chi connectivity index (χ4v) is 2.25. The summed E-state index contributed by atoms with van der Waals surface area (Å²) in [5.41, 5.74) is 2.82. The van der Waals surface area contributed by atoms with Crippen molar-refractivity contribution < 1.29 is 14.3 Å². The first-order chi connectivity index (χ1) is 9.51. The van der Waals surface area contributed by atoms with Crippen LogP contribution >= 0.6 is 0 Å². The largest absolute Gasteiger partial charge is 0.469 e. The molecular formula is C15H18N2O3. The second kappa shape index (κ2) is 5.86. The Kier molecular flexibility index (Phi) is 4.17. The molecule has 2 rings (SSSR count). The van der Waals surface area contributed by atoms with Crippen LogP contribution in [-0.2, 0) is 20.9 Å². The van der Waals surface area contributed by atoms with E-state index in [1.165, 1.54) is 12.1 Å². The number of carbonyl (C=O) groups excluding carboxylic acids is 2. The number of esters is 1. The molecule has 1 aromatic rings. The number of hydrogen-bond acceptors (Lipinski definition) is 4. The van der Waals surface area contributed by atoms with E-state index in [0.29, 0.717) is 12.3 Å². The van der Waals surface area contributed by atoms with Crippen molar-refractivity contribution in [3.63, 3.8) is 0 Å². The van der Waals surface area contributed by atoms with Gasteiger partial charge in [0.05, 0.1) is 26.0 Å². The molecule has 1 heterocycles. The summed E-state index contributed by atoms with van der Waals surface area (Å²) in [6.07, 6.45) is 0.0506. The number of carbonyl (C=O) groups is 2. The first-order valence-corrected chi connectivity index (χ1v) is 6.50. The molecule has 1 aliphatic rings. The SMILES string of the molecule is COC(=O)CC1C(=O)N(Cc2cccc(C)c2)N=C1C. The van der Waals surface area contributed by atoms with Gasteiger partial charge in [0.2, 0.25) is 0 Å². The molecule has 1 aromatic carbocycles. The molecule has 1 atom stereocenters. The maximum atomic E-state index is 12.3. The lowest BCUT2D eigenvalue weighted by Crippen LogP contribution is -2.28. The van der Waals surface area contributed by atoms with E-state index in [2.05, 4.69) is 9.84 Å². The number of aryl methyl sites for hydroxylation is 1. The first-order valence-electron chi connectivity index (χ1n) is 6.50. The van der Waals surface area contributed by atoms with Gasteiger partial charge in [-0.25, -0.2) is 5.01 Å². The van der Waals surface area contributed by atoms with E-state index < -0.39 is 11.9 Å². The maximum Gasteiger partial charge on any atom is 0.306 e. The number of rotatable bonds is 4. The van der Waals surface area contributed by atoms with E-state index in [0.717, 1.165) is 11.1 Å². The zero-order chi connectivity index (χ0) is 14.7. The van der Waals surface area contributed by atoms with Gasteiger partial charge in [0, 0.05) is 5.71 Å². The molecule has 0 N–H and O–H groups in total. The predicted octanol–water partition coefficient (Wildman–Crippen LogP) is 1.89. The van der Waals surface area contributed by atoms with Crippen molar-refractivity contribution in [2.24, 2.45) is 11.0 Å². The van der Waals surface area contributed by atoms with Gasteiger partial charge in [-0.3, -0.25) is 9.59 Å². The highest BCUT2D eigenvalue weighted by Gasteiger charge is 2.35. The van der Waals surface area contributed by atoms with Gasteiger partial charge >= 0.3 is 5.97 Å². The molecule has 0 saturated carbocycles. The average molecular weight is 274 g/mol. The Bertz CT molecular complexity index is 566. The van der Waals surface area contributed by atoms with Crippen LogP contribution in [0.3, 0.4) is 0 Å². The fourth-order valence-electron chi connectivity index (χ4n) is 2.25. The van der Waals surface area contributed by atoms with Crippen molar-refractivity contribution in [3.05, 3.63) is 35.4 Å². The van der Waals surface area contributed by atoms with Gasteiger partial charge in [-0.1, -0.05) is 29.8 Å². The molecule has 5 heteroatoms. The van der Waals surface area contributed by atoms with Crippen LogP contribution in [0, 0.1) is 12.8 Å². The van der Waals surface area contributed by atoms with Crippen LogP contribution in [0.2, 0.25) is 0 Å². The lowest BCUT2D eigenvalue weighted by molar-refractivity contribution is -0.144. The molecular weight excluding hydrogens is 256 g/mol. The maximum absolute atomic E-state index is 12.3. The predicted molar refractivity (Wildman–Crippen MR) is 75.0 cm³/mol. The highest BCUT2D eigenvalue weighted by Crippen LogP contribution is 2.21. The van der Waals surface area contributed by atoms with Gasteiger partial charge in [-0.2, -0.15) is 5.10 Å². The van der Waals surface area contributed by atoms with Crippen LogP contribution in [0.25, 0.3) is 0 Å². The molecule has 20 heavy (non-hydrogen) atoms.